The first-order chi connectivity index (χ1) is 20.8. The van der Waals surface area contributed by atoms with Gasteiger partial charge in [-0.05, 0) is 92.3 Å². The molecule has 0 radical (unpaired) electrons. The molecule has 0 amide bonds. The predicted molar refractivity (Wildman–Crippen MR) is 176 cm³/mol. The average molecular weight is 535 g/mol. The summed E-state index contributed by atoms with van der Waals surface area (Å²) in [6.45, 7) is 0. The van der Waals surface area contributed by atoms with Crippen molar-refractivity contribution in [3.8, 4) is 44.8 Å². The van der Waals surface area contributed by atoms with E-state index in [0.717, 1.165) is 44.5 Å². The third-order valence-electron chi connectivity index (χ3n) is 8.07. The van der Waals surface area contributed by atoms with Crippen LogP contribution in [0.25, 0.3) is 77.2 Å². The Morgan fingerprint density at radius 3 is 1.74 bits per heavy atom. The third-order valence-corrected chi connectivity index (χ3v) is 8.07. The molecule has 42 heavy (non-hydrogen) atoms. The minimum absolute atomic E-state index is 0.962. The van der Waals surface area contributed by atoms with Crippen LogP contribution < -0.4 is 0 Å². The van der Waals surface area contributed by atoms with Crippen LogP contribution in [0.3, 0.4) is 0 Å². The highest BCUT2D eigenvalue weighted by atomic mass is 14.7. The van der Waals surface area contributed by atoms with Crippen LogP contribution in [0.5, 0.6) is 0 Å². The first-order valence-corrected chi connectivity index (χ1v) is 14.2. The lowest BCUT2D eigenvalue weighted by Crippen LogP contribution is -1.92. The Hall–Kier alpha value is -5.60. The molecule has 2 nitrogen and oxygen atoms in total. The summed E-state index contributed by atoms with van der Waals surface area (Å²) in [4.78, 5) is 9.80. The second kappa shape index (κ2) is 10.1. The second-order valence-electron chi connectivity index (χ2n) is 10.7. The van der Waals surface area contributed by atoms with Crippen LogP contribution in [0.1, 0.15) is 0 Å². The molecule has 6 aromatic carbocycles. The van der Waals surface area contributed by atoms with Crippen molar-refractivity contribution in [3.05, 3.63) is 158 Å². The fourth-order valence-corrected chi connectivity index (χ4v) is 5.89. The van der Waals surface area contributed by atoms with Crippen LogP contribution >= 0.6 is 0 Å². The van der Waals surface area contributed by atoms with Gasteiger partial charge in [0.05, 0.1) is 16.9 Å². The first-order valence-electron chi connectivity index (χ1n) is 14.2. The van der Waals surface area contributed by atoms with Gasteiger partial charge in [0, 0.05) is 22.7 Å². The predicted octanol–water partition coefficient (Wildman–Crippen LogP) is 10.6. The van der Waals surface area contributed by atoms with Crippen LogP contribution in [0.2, 0.25) is 0 Å². The van der Waals surface area contributed by atoms with Gasteiger partial charge in [-0.25, -0.2) is 4.98 Å². The molecule has 0 saturated heterocycles. The maximum absolute atomic E-state index is 5.19. The summed E-state index contributed by atoms with van der Waals surface area (Å²) in [5.74, 6) is 0. The van der Waals surface area contributed by atoms with Crippen LogP contribution in [0.15, 0.2) is 158 Å². The Morgan fingerprint density at radius 1 is 0.357 bits per heavy atom. The molecular formula is C40H26N2. The first kappa shape index (κ1) is 24.2. The van der Waals surface area contributed by atoms with E-state index in [1.165, 1.54) is 32.7 Å². The highest BCUT2D eigenvalue weighted by molar-refractivity contribution is 6.00. The van der Waals surface area contributed by atoms with E-state index < -0.39 is 0 Å². The molecule has 0 aliphatic carbocycles. The van der Waals surface area contributed by atoms with E-state index in [9.17, 15) is 0 Å². The van der Waals surface area contributed by atoms with Crippen molar-refractivity contribution in [3.63, 3.8) is 0 Å². The van der Waals surface area contributed by atoms with E-state index in [1.54, 1.807) is 0 Å². The lowest BCUT2D eigenvalue weighted by Gasteiger charge is -2.14. The van der Waals surface area contributed by atoms with E-state index >= 15 is 0 Å². The molecule has 2 heterocycles. The van der Waals surface area contributed by atoms with Gasteiger partial charge in [0.15, 0.2) is 0 Å². The molecule has 8 aromatic rings. The molecule has 8 rings (SSSR count). The number of hydrogen-bond donors (Lipinski definition) is 0. The maximum atomic E-state index is 5.19. The van der Waals surface area contributed by atoms with E-state index in [0.29, 0.717) is 0 Å². The Morgan fingerprint density at radius 2 is 0.976 bits per heavy atom. The van der Waals surface area contributed by atoms with Crippen molar-refractivity contribution in [1.82, 2.24) is 9.97 Å². The smallest absolute Gasteiger partial charge is 0.0716 e. The number of pyridine rings is 2. The van der Waals surface area contributed by atoms with Crippen molar-refractivity contribution in [2.45, 2.75) is 0 Å². The van der Waals surface area contributed by atoms with Gasteiger partial charge in [-0.3, -0.25) is 4.98 Å². The zero-order chi connectivity index (χ0) is 27.9. The molecule has 0 N–H and O–H groups in total. The Kier molecular flexibility index (Phi) is 5.82. The summed E-state index contributed by atoms with van der Waals surface area (Å²) in [6.07, 6.45) is 1.84. The molecule has 0 aliphatic heterocycles. The Bertz CT molecular complexity index is 2250. The van der Waals surface area contributed by atoms with E-state index in [4.69, 9.17) is 4.98 Å². The van der Waals surface area contributed by atoms with Crippen molar-refractivity contribution < 1.29 is 0 Å². The summed E-state index contributed by atoms with van der Waals surface area (Å²) >= 11 is 0. The fraction of sp³-hybridized carbons (Fsp3) is 0. The number of nitrogens with zero attached hydrogens (tertiary/aromatic N) is 2. The Balaban J connectivity index is 1.34. The number of rotatable bonds is 4. The summed E-state index contributed by atoms with van der Waals surface area (Å²) in [5, 5.41) is 6.05. The van der Waals surface area contributed by atoms with Crippen molar-refractivity contribution in [2.24, 2.45) is 0 Å². The zero-order valence-corrected chi connectivity index (χ0v) is 22.9. The average Bonchev–Trinajstić information content (AvgIpc) is 3.07. The van der Waals surface area contributed by atoms with Crippen molar-refractivity contribution >= 4 is 32.4 Å². The van der Waals surface area contributed by atoms with Crippen LogP contribution in [0.4, 0.5) is 0 Å². The minimum Gasteiger partial charge on any atom is -0.256 e. The SMILES string of the molecule is c1ccc(-c2cccc(-c3cc(-c4ccc5ccccc5c4)nc4ccc(-c5ccc6ccccc6c5)cc34)c2)nc1. The molecule has 2 aromatic heterocycles. The van der Waals surface area contributed by atoms with Crippen LogP contribution in [-0.4, -0.2) is 9.97 Å². The lowest BCUT2D eigenvalue weighted by molar-refractivity contribution is 1.33. The third kappa shape index (κ3) is 4.40. The van der Waals surface area contributed by atoms with Gasteiger partial charge in [0.1, 0.15) is 0 Å². The minimum atomic E-state index is 0.962. The van der Waals surface area contributed by atoms with E-state index in [1.807, 2.05) is 18.3 Å². The van der Waals surface area contributed by atoms with Gasteiger partial charge < -0.3 is 0 Å². The normalized spacial score (nSPS) is 11.3. The quantitative estimate of drug-likeness (QED) is 0.224. The van der Waals surface area contributed by atoms with Gasteiger partial charge in [-0.2, -0.15) is 0 Å². The molecular weight excluding hydrogens is 508 g/mol. The van der Waals surface area contributed by atoms with Gasteiger partial charge in [-0.1, -0.05) is 103 Å². The van der Waals surface area contributed by atoms with Crippen LogP contribution in [0, 0.1) is 0 Å². The molecule has 0 unspecified atom stereocenters. The van der Waals surface area contributed by atoms with Gasteiger partial charge in [-0.15, -0.1) is 0 Å². The summed E-state index contributed by atoms with van der Waals surface area (Å²) in [5.41, 5.74) is 9.77. The molecule has 0 spiro atoms. The second-order valence-corrected chi connectivity index (χ2v) is 10.7. The number of aromatic nitrogens is 2. The zero-order valence-electron chi connectivity index (χ0n) is 22.9. The molecule has 2 heteroatoms. The summed E-state index contributed by atoms with van der Waals surface area (Å²) < 4.78 is 0. The topological polar surface area (TPSA) is 25.8 Å². The van der Waals surface area contributed by atoms with Gasteiger partial charge in [0.2, 0.25) is 0 Å². The molecule has 196 valence electrons. The van der Waals surface area contributed by atoms with Gasteiger partial charge >= 0.3 is 0 Å². The standard InChI is InChI=1S/C40H26N2/c1-3-10-29-22-31(17-15-27(29)8-1)32-19-20-39-37(25-32)36(33-12-7-13-34(24-33)38-14-5-6-21-41-38)26-40(42-39)35-18-16-28-9-2-4-11-30(28)23-35/h1-26H. The number of benzene rings is 6. The van der Waals surface area contributed by atoms with Crippen molar-refractivity contribution in [1.29, 1.82) is 0 Å². The van der Waals surface area contributed by atoms with Crippen LogP contribution in [-0.2, 0) is 0 Å². The van der Waals surface area contributed by atoms with E-state index in [-0.39, 0.29) is 0 Å². The molecule has 0 saturated carbocycles. The molecule has 0 aliphatic rings. The molecule has 0 fully saturated rings. The van der Waals surface area contributed by atoms with E-state index in [2.05, 4.69) is 145 Å². The highest BCUT2D eigenvalue weighted by Crippen LogP contribution is 2.37. The van der Waals surface area contributed by atoms with Gasteiger partial charge in [0.25, 0.3) is 0 Å². The summed E-state index contributed by atoms with van der Waals surface area (Å²) in [7, 11) is 0. The number of hydrogen-bond acceptors (Lipinski definition) is 2. The van der Waals surface area contributed by atoms with Crippen molar-refractivity contribution in [2.75, 3.05) is 0 Å². The Labute approximate surface area is 244 Å². The molecule has 0 atom stereocenters. The largest absolute Gasteiger partial charge is 0.256 e. The highest BCUT2D eigenvalue weighted by Gasteiger charge is 2.13. The monoisotopic (exact) mass is 534 g/mol. The number of fused-ring (bicyclic) bond motifs is 3. The maximum Gasteiger partial charge on any atom is 0.0716 e. The lowest BCUT2D eigenvalue weighted by atomic mass is 9.93. The fourth-order valence-electron chi connectivity index (χ4n) is 5.89. The molecule has 0 bridgehead atoms. The summed E-state index contributed by atoms with van der Waals surface area (Å²) in [6, 6.07) is 53.9.